The lowest BCUT2D eigenvalue weighted by atomic mass is 10.1. The molecule has 3 nitrogen and oxygen atoms in total. The van der Waals surface area contributed by atoms with Gasteiger partial charge in [-0.25, -0.2) is 0 Å². The number of amidine groups is 1. The molecule has 0 aromatic rings. The van der Waals surface area contributed by atoms with Gasteiger partial charge in [0.25, 0.3) is 0 Å². The Labute approximate surface area is 67.9 Å². The predicted molar refractivity (Wildman–Crippen MR) is 45.7 cm³/mol. The fourth-order valence-corrected chi connectivity index (χ4v) is 1.21. The molecule has 0 bridgehead atoms. The smallest absolute Gasteiger partial charge is 0.225 e. The minimum Gasteiger partial charge on any atom is -0.296 e. The third-order valence-corrected chi connectivity index (χ3v) is 1.32. The van der Waals surface area contributed by atoms with Gasteiger partial charge >= 0.3 is 0 Å². The van der Waals surface area contributed by atoms with Crippen molar-refractivity contribution in [2.45, 2.75) is 40.2 Å². The highest BCUT2D eigenvalue weighted by atomic mass is 16.2. The first-order valence-corrected chi connectivity index (χ1v) is 3.62. The van der Waals surface area contributed by atoms with E-state index >= 15 is 0 Å². The summed E-state index contributed by atoms with van der Waals surface area (Å²) in [4.78, 5) is 12.5. The van der Waals surface area contributed by atoms with Gasteiger partial charge in [-0.15, -0.1) is 0 Å². The molecular weight excluding hydrogens is 140 g/mol. The molecule has 0 spiro atoms. The second-order valence-electron chi connectivity index (χ2n) is 3.61. The van der Waals surface area contributed by atoms with E-state index in [0.29, 0.717) is 5.84 Å². The fraction of sp³-hybridized carbons (Fsp3) is 0.750. The van der Waals surface area contributed by atoms with Gasteiger partial charge in [0.05, 0.1) is 5.84 Å². The van der Waals surface area contributed by atoms with E-state index in [-0.39, 0.29) is 11.4 Å². The van der Waals surface area contributed by atoms with Gasteiger partial charge in [-0.3, -0.25) is 15.1 Å². The van der Waals surface area contributed by atoms with Crippen LogP contribution in [0.15, 0.2) is 0 Å². The van der Waals surface area contributed by atoms with Crippen LogP contribution in [0, 0.1) is 5.41 Å². The molecule has 0 aromatic carbocycles. The van der Waals surface area contributed by atoms with E-state index in [0.717, 1.165) is 0 Å². The van der Waals surface area contributed by atoms with Crippen molar-refractivity contribution in [2.24, 2.45) is 0 Å². The van der Waals surface area contributed by atoms with Crippen LogP contribution in [0.3, 0.4) is 0 Å². The molecule has 0 fully saturated rings. The van der Waals surface area contributed by atoms with E-state index in [1.807, 2.05) is 20.8 Å². The number of rotatable bonds is 0. The molecule has 0 atom stereocenters. The van der Waals surface area contributed by atoms with E-state index in [4.69, 9.17) is 5.41 Å². The van der Waals surface area contributed by atoms with Gasteiger partial charge in [0, 0.05) is 12.5 Å². The first kappa shape index (κ1) is 10.1. The summed E-state index contributed by atoms with van der Waals surface area (Å²) >= 11 is 0. The number of carbonyl (C=O) groups excluding carboxylic acids is 1. The lowest BCUT2D eigenvalue weighted by molar-refractivity contribution is -0.128. The maximum atomic E-state index is 11.0. The SMILES string of the molecule is CC(=N)N(C(C)=O)C(C)(C)C. The van der Waals surface area contributed by atoms with Crippen molar-refractivity contribution in [2.75, 3.05) is 0 Å². The van der Waals surface area contributed by atoms with Gasteiger partial charge in [-0.05, 0) is 27.7 Å². The summed E-state index contributed by atoms with van der Waals surface area (Å²) < 4.78 is 0. The largest absolute Gasteiger partial charge is 0.296 e. The van der Waals surface area contributed by atoms with Gasteiger partial charge in [0.15, 0.2) is 0 Å². The van der Waals surface area contributed by atoms with Crippen LogP contribution < -0.4 is 0 Å². The number of hydrogen-bond donors (Lipinski definition) is 1. The molecule has 0 aliphatic heterocycles. The highest BCUT2D eigenvalue weighted by molar-refractivity contribution is 5.95. The molecule has 11 heavy (non-hydrogen) atoms. The Bertz CT molecular complexity index is 165. The molecule has 1 amide bonds. The third kappa shape index (κ3) is 2.70. The Hall–Kier alpha value is -0.860. The van der Waals surface area contributed by atoms with Crippen LogP contribution in [0.25, 0.3) is 0 Å². The molecule has 0 heterocycles. The van der Waals surface area contributed by atoms with Crippen molar-refractivity contribution in [1.82, 2.24) is 4.90 Å². The fourth-order valence-electron chi connectivity index (χ4n) is 1.21. The van der Waals surface area contributed by atoms with Gasteiger partial charge < -0.3 is 0 Å². The van der Waals surface area contributed by atoms with Crippen LogP contribution >= 0.6 is 0 Å². The van der Waals surface area contributed by atoms with Crippen molar-refractivity contribution in [3.63, 3.8) is 0 Å². The van der Waals surface area contributed by atoms with Gasteiger partial charge in [-0.1, -0.05) is 0 Å². The molecule has 1 N–H and O–H groups in total. The molecule has 0 aromatic heterocycles. The van der Waals surface area contributed by atoms with Gasteiger partial charge in [-0.2, -0.15) is 0 Å². The monoisotopic (exact) mass is 156 g/mol. The average molecular weight is 156 g/mol. The average Bonchev–Trinajstić information content (AvgIpc) is 1.54. The van der Waals surface area contributed by atoms with Crippen molar-refractivity contribution in [3.8, 4) is 0 Å². The zero-order valence-electron chi connectivity index (χ0n) is 7.86. The highest BCUT2D eigenvalue weighted by Crippen LogP contribution is 2.13. The number of carbonyl (C=O) groups is 1. The minimum atomic E-state index is -0.280. The lowest BCUT2D eigenvalue weighted by Gasteiger charge is -2.33. The highest BCUT2D eigenvalue weighted by Gasteiger charge is 2.24. The summed E-state index contributed by atoms with van der Waals surface area (Å²) in [5.74, 6) is 0.218. The van der Waals surface area contributed by atoms with E-state index in [9.17, 15) is 4.79 Å². The first-order valence-electron chi connectivity index (χ1n) is 3.62. The molecule has 0 radical (unpaired) electrons. The predicted octanol–water partition coefficient (Wildman–Crippen LogP) is 1.63. The summed E-state index contributed by atoms with van der Waals surface area (Å²) in [6, 6.07) is 0. The zero-order valence-corrected chi connectivity index (χ0v) is 7.86. The van der Waals surface area contributed by atoms with Crippen molar-refractivity contribution in [1.29, 1.82) is 5.41 Å². The molecule has 0 aliphatic carbocycles. The maximum Gasteiger partial charge on any atom is 0.225 e. The Morgan fingerprint density at radius 2 is 1.64 bits per heavy atom. The summed E-state index contributed by atoms with van der Waals surface area (Å²) in [5.41, 5.74) is -0.280. The van der Waals surface area contributed by atoms with Crippen LogP contribution in [0.2, 0.25) is 0 Å². The standard InChI is InChI=1S/C8H16N2O/c1-6(9)10(7(2)11)8(3,4)5/h9H,1-5H3. The number of hydrogen-bond acceptors (Lipinski definition) is 2. The summed E-state index contributed by atoms with van der Waals surface area (Å²) in [7, 11) is 0. The zero-order chi connectivity index (χ0) is 9.23. The van der Waals surface area contributed by atoms with Gasteiger partial charge in [0.1, 0.15) is 0 Å². The molecule has 0 saturated heterocycles. The Morgan fingerprint density at radius 3 is 1.64 bits per heavy atom. The van der Waals surface area contributed by atoms with Crippen LogP contribution in [0.5, 0.6) is 0 Å². The van der Waals surface area contributed by atoms with E-state index in [1.54, 1.807) is 6.92 Å². The minimum absolute atomic E-state index is 0.0787. The second-order valence-corrected chi connectivity index (χ2v) is 3.61. The molecule has 64 valence electrons. The van der Waals surface area contributed by atoms with E-state index in [2.05, 4.69) is 0 Å². The lowest BCUT2D eigenvalue weighted by Crippen LogP contribution is -2.47. The number of nitrogens with zero attached hydrogens (tertiary/aromatic N) is 1. The van der Waals surface area contributed by atoms with Crippen LogP contribution in [0.4, 0.5) is 0 Å². The van der Waals surface area contributed by atoms with Crippen molar-refractivity contribution >= 4 is 11.7 Å². The Morgan fingerprint density at radius 1 is 1.27 bits per heavy atom. The topological polar surface area (TPSA) is 44.2 Å². The molecule has 0 aliphatic rings. The summed E-state index contributed by atoms with van der Waals surface area (Å²) in [6.45, 7) is 8.82. The third-order valence-electron chi connectivity index (χ3n) is 1.32. The summed E-state index contributed by atoms with van der Waals surface area (Å²) in [6.07, 6.45) is 0. The second kappa shape index (κ2) is 3.03. The van der Waals surface area contributed by atoms with Gasteiger partial charge in [0.2, 0.25) is 5.91 Å². The van der Waals surface area contributed by atoms with E-state index < -0.39 is 0 Å². The van der Waals surface area contributed by atoms with E-state index in [1.165, 1.54) is 11.8 Å². The first-order chi connectivity index (χ1) is 4.76. The van der Waals surface area contributed by atoms with Crippen molar-refractivity contribution < 1.29 is 4.79 Å². The Kier molecular flexibility index (Phi) is 2.79. The van der Waals surface area contributed by atoms with Crippen LogP contribution in [-0.4, -0.2) is 22.2 Å². The van der Waals surface area contributed by atoms with Crippen LogP contribution in [0.1, 0.15) is 34.6 Å². The van der Waals surface area contributed by atoms with Crippen LogP contribution in [-0.2, 0) is 4.79 Å². The van der Waals surface area contributed by atoms with Crippen molar-refractivity contribution in [3.05, 3.63) is 0 Å². The molecule has 0 unspecified atom stereocenters. The normalized spacial score (nSPS) is 11.0. The number of nitrogens with one attached hydrogen (secondary N) is 1. The molecular formula is C8H16N2O. The number of amides is 1. The molecule has 0 saturated carbocycles. The summed E-state index contributed by atoms with van der Waals surface area (Å²) in [5, 5.41) is 7.34. The Balaban J connectivity index is 4.63. The molecule has 3 heteroatoms. The molecule has 0 rings (SSSR count). The quantitative estimate of drug-likeness (QED) is 0.420. The maximum absolute atomic E-state index is 11.0.